The fourth-order valence-corrected chi connectivity index (χ4v) is 1.67. The molecule has 6 heteroatoms. The summed E-state index contributed by atoms with van der Waals surface area (Å²) in [5.74, 6) is -1.51. The van der Waals surface area contributed by atoms with E-state index >= 15 is 0 Å². The number of benzene rings is 1. The van der Waals surface area contributed by atoms with Crippen LogP contribution in [0.15, 0.2) is 24.5 Å². The van der Waals surface area contributed by atoms with Gasteiger partial charge in [-0.1, -0.05) is 6.07 Å². The average molecular weight is 234 g/mol. The van der Waals surface area contributed by atoms with Gasteiger partial charge in [0.25, 0.3) is 0 Å². The number of carbonyl (C=O) groups excluding carboxylic acids is 1. The Bertz CT molecular complexity index is 588. The van der Waals surface area contributed by atoms with Crippen molar-refractivity contribution < 1.29 is 19.4 Å². The number of nitrogens with zero attached hydrogens (tertiary/aromatic N) is 2. The van der Waals surface area contributed by atoms with Crippen molar-refractivity contribution in [1.29, 1.82) is 0 Å². The topological polar surface area (TPSA) is 81.4 Å². The van der Waals surface area contributed by atoms with Crippen LogP contribution in [-0.4, -0.2) is 33.7 Å². The van der Waals surface area contributed by atoms with Crippen LogP contribution in [0, 0.1) is 0 Å². The number of esters is 1. The van der Waals surface area contributed by atoms with Crippen LogP contribution in [0.1, 0.15) is 10.4 Å². The first kappa shape index (κ1) is 11.1. The van der Waals surface area contributed by atoms with E-state index < -0.39 is 11.9 Å². The molecule has 0 aliphatic rings. The van der Waals surface area contributed by atoms with Crippen LogP contribution in [0.25, 0.3) is 11.0 Å². The molecule has 0 amide bonds. The molecule has 2 aromatic rings. The van der Waals surface area contributed by atoms with E-state index in [0.29, 0.717) is 16.6 Å². The number of aliphatic carboxylic acids is 1. The van der Waals surface area contributed by atoms with Crippen molar-refractivity contribution in [1.82, 2.24) is 9.55 Å². The van der Waals surface area contributed by atoms with E-state index in [-0.39, 0.29) is 6.54 Å². The SMILES string of the molecule is COC(=O)c1cccc2ncn(CC(=O)O)c12. The lowest BCUT2D eigenvalue weighted by Crippen LogP contribution is -2.10. The molecule has 0 radical (unpaired) electrons. The molecule has 0 aliphatic carbocycles. The summed E-state index contributed by atoms with van der Waals surface area (Å²) < 4.78 is 6.05. The highest BCUT2D eigenvalue weighted by atomic mass is 16.5. The number of carboxylic acids is 1. The van der Waals surface area contributed by atoms with E-state index in [1.54, 1.807) is 18.2 Å². The Labute approximate surface area is 96.4 Å². The second-order valence-electron chi connectivity index (χ2n) is 3.43. The minimum absolute atomic E-state index is 0.246. The molecule has 0 spiro atoms. The monoisotopic (exact) mass is 234 g/mol. The Hall–Kier alpha value is -2.37. The van der Waals surface area contributed by atoms with Crippen LogP contribution >= 0.6 is 0 Å². The Morgan fingerprint density at radius 1 is 1.47 bits per heavy atom. The summed E-state index contributed by atoms with van der Waals surface area (Å²) in [6.07, 6.45) is 1.39. The van der Waals surface area contributed by atoms with E-state index in [1.807, 2.05) is 0 Å². The molecule has 88 valence electrons. The lowest BCUT2D eigenvalue weighted by molar-refractivity contribution is -0.137. The smallest absolute Gasteiger partial charge is 0.340 e. The van der Waals surface area contributed by atoms with Gasteiger partial charge in [-0.2, -0.15) is 0 Å². The summed E-state index contributed by atoms with van der Waals surface area (Å²) in [6, 6.07) is 4.96. The molecule has 1 N–H and O–H groups in total. The normalized spacial score (nSPS) is 10.4. The zero-order chi connectivity index (χ0) is 12.4. The molecule has 0 bridgehead atoms. The Morgan fingerprint density at radius 2 is 2.24 bits per heavy atom. The maximum atomic E-state index is 11.6. The van der Waals surface area contributed by atoms with Crippen LogP contribution < -0.4 is 0 Å². The van der Waals surface area contributed by atoms with Gasteiger partial charge >= 0.3 is 11.9 Å². The second kappa shape index (κ2) is 4.25. The molecule has 0 fully saturated rings. The highest BCUT2D eigenvalue weighted by Crippen LogP contribution is 2.18. The van der Waals surface area contributed by atoms with Crippen LogP contribution in [0.3, 0.4) is 0 Å². The number of carbonyl (C=O) groups is 2. The largest absolute Gasteiger partial charge is 0.480 e. The van der Waals surface area contributed by atoms with Crippen molar-refractivity contribution in [3.8, 4) is 0 Å². The van der Waals surface area contributed by atoms with Crippen LogP contribution in [0.2, 0.25) is 0 Å². The maximum absolute atomic E-state index is 11.6. The Morgan fingerprint density at radius 3 is 2.88 bits per heavy atom. The van der Waals surface area contributed by atoms with Crippen molar-refractivity contribution in [2.24, 2.45) is 0 Å². The molecule has 17 heavy (non-hydrogen) atoms. The van der Waals surface area contributed by atoms with Crippen LogP contribution in [0.4, 0.5) is 0 Å². The first-order valence-corrected chi connectivity index (χ1v) is 4.87. The van der Waals surface area contributed by atoms with E-state index in [1.165, 1.54) is 18.0 Å². The first-order valence-electron chi connectivity index (χ1n) is 4.87. The summed E-state index contributed by atoms with van der Waals surface area (Å²) in [5, 5.41) is 8.77. The van der Waals surface area contributed by atoms with Gasteiger partial charge in [-0.15, -0.1) is 0 Å². The molecule has 2 rings (SSSR count). The molecule has 0 saturated heterocycles. The first-order chi connectivity index (χ1) is 8.13. The van der Waals surface area contributed by atoms with Crippen molar-refractivity contribution in [2.45, 2.75) is 6.54 Å². The van der Waals surface area contributed by atoms with Gasteiger partial charge in [0.05, 0.1) is 30.0 Å². The number of carboxylic acid groups (broad SMARTS) is 1. The van der Waals surface area contributed by atoms with Gasteiger partial charge in [0.2, 0.25) is 0 Å². The molecular weight excluding hydrogens is 224 g/mol. The molecular formula is C11H10N2O4. The number of fused-ring (bicyclic) bond motifs is 1. The molecule has 1 aromatic heterocycles. The third kappa shape index (κ3) is 1.96. The summed E-state index contributed by atoms with van der Waals surface area (Å²) in [5.41, 5.74) is 1.35. The molecule has 1 heterocycles. The molecule has 0 unspecified atom stereocenters. The lowest BCUT2D eigenvalue weighted by Gasteiger charge is -2.04. The van der Waals surface area contributed by atoms with Gasteiger partial charge in [0, 0.05) is 0 Å². The van der Waals surface area contributed by atoms with Gasteiger partial charge in [0.1, 0.15) is 6.54 Å². The number of rotatable bonds is 3. The van der Waals surface area contributed by atoms with Gasteiger partial charge in [-0.25, -0.2) is 9.78 Å². The Balaban J connectivity index is 2.63. The lowest BCUT2D eigenvalue weighted by atomic mass is 10.2. The quantitative estimate of drug-likeness (QED) is 0.798. The predicted molar refractivity (Wildman–Crippen MR) is 58.7 cm³/mol. The number of methoxy groups -OCH3 is 1. The minimum Gasteiger partial charge on any atom is -0.480 e. The Kier molecular flexibility index (Phi) is 2.78. The second-order valence-corrected chi connectivity index (χ2v) is 3.43. The number of ether oxygens (including phenoxy) is 1. The van der Waals surface area contributed by atoms with Gasteiger partial charge in [0.15, 0.2) is 0 Å². The number of hydrogen-bond acceptors (Lipinski definition) is 4. The predicted octanol–water partition coefficient (Wildman–Crippen LogP) is 0.907. The zero-order valence-electron chi connectivity index (χ0n) is 9.08. The molecule has 0 atom stereocenters. The highest BCUT2D eigenvalue weighted by molar-refractivity contribution is 6.02. The highest BCUT2D eigenvalue weighted by Gasteiger charge is 2.15. The minimum atomic E-state index is -0.996. The summed E-state index contributed by atoms with van der Waals surface area (Å²) >= 11 is 0. The standard InChI is InChI=1S/C11H10N2O4/c1-17-11(16)7-3-2-4-8-10(7)13(6-12-8)5-9(14)15/h2-4,6H,5H2,1H3,(H,14,15). The molecule has 6 nitrogen and oxygen atoms in total. The summed E-state index contributed by atoms with van der Waals surface area (Å²) in [6.45, 7) is -0.246. The van der Waals surface area contributed by atoms with E-state index in [2.05, 4.69) is 9.72 Å². The zero-order valence-corrected chi connectivity index (χ0v) is 9.08. The number of aromatic nitrogens is 2. The van der Waals surface area contributed by atoms with Crippen molar-refractivity contribution in [3.05, 3.63) is 30.1 Å². The van der Waals surface area contributed by atoms with E-state index in [0.717, 1.165) is 0 Å². The third-order valence-corrected chi connectivity index (χ3v) is 2.35. The van der Waals surface area contributed by atoms with Gasteiger partial charge in [-0.05, 0) is 12.1 Å². The number of hydrogen-bond donors (Lipinski definition) is 1. The molecule has 1 aromatic carbocycles. The molecule has 0 aliphatic heterocycles. The average Bonchev–Trinajstić information content (AvgIpc) is 2.71. The summed E-state index contributed by atoms with van der Waals surface area (Å²) in [4.78, 5) is 26.3. The van der Waals surface area contributed by atoms with Crippen LogP contribution in [-0.2, 0) is 16.1 Å². The van der Waals surface area contributed by atoms with Crippen molar-refractivity contribution in [2.75, 3.05) is 7.11 Å². The van der Waals surface area contributed by atoms with Gasteiger partial charge < -0.3 is 14.4 Å². The number of imidazole rings is 1. The van der Waals surface area contributed by atoms with Crippen LogP contribution in [0.5, 0.6) is 0 Å². The fourth-order valence-electron chi connectivity index (χ4n) is 1.67. The fraction of sp³-hybridized carbons (Fsp3) is 0.182. The van der Waals surface area contributed by atoms with E-state index in [9.17, 15) is 9.59 Å². The third-order valence-electron chi connectivity index (χ3n) is 2.35. The van der Waals surface area contributed by atoms with Crippen molar-refractivity contribution >= 4 is 23.0 Å². The van der Waals surface area contributed by atoms with E-state index in [4.69, 9.17) is 5.11 Å². The number of para-hydroxylation sites is 1. The summed E-state index contributed by atoms with van der Waals surface area (Å²) in [7, 11) is 1.28. The van der Waals surface area contributed by atoms with Crippen molar-refractivity contribution in [3.63, 3.8) is 0 Å². The van der Waals surface area contributed by atoms with Gasteiger partial charge in [-0.3, -0.25) is 4.79 Å². The maximum Gasteiger partial charge on any atom is 0.340 e. The molecule has 0 saturated carbocycles.